The Balaban J connectivity index is 1.84. The Morgan fingerprint density at radius 2 is 2.15 bits per heavy atom. The Morgan fingerprint density at radius 1 is 1.42 bits per heavy atom. The molecular weight excluding hydrogens is 336 g/mol. The molecule has 0 aromatic carbocycles. The Bertz CT molecular complexity index is 862. The fourth-order valence-electron chi connectivity index (χ4n) is 3.29. The predicted octanol–water partition coefficient (Wildman–Crippen LogP) is 1.40. The number of nitrogens with zero attached hydrogens (tertiary/aromatic N) is 5. The van der Waals surface area contributed by atoms with Gasteiger partial charge in [0.15, 0.2) is 5.82 Å². The van der Waals surface area contributed by atoms with Crippen LogP contribution in [0.15, 0.2) is 10.9 Å². The van der Waals surface area contributed by atoms with Crippen molar-refractivity contribution in [2.24, 2.45) is 13.0 Å². The molecule has 3 rings (SSSR count). The molecule has 1 N–H and O–H groups in total. The Hall–Kier alpha value is -2.42. The second kappa shape index (κ2) is 7.06. The van der Waals surface area contributed by atoms with Crippen LogP contribution in [-0.2, 0) is 23.1 Å². The highest BCUT2D eigenvalue weighted by Crippen LogP contribution is 2.33. The van der Waals surface area contributed by atoms with Crippen LogP contribution >= 0.6 is 0 Å². The van der Waals surface area contributed by atoms with E-state index in [1.54, 1.807) is 22.4 Å². The summed E-state index contributed by atoms with van der Waals surface area (Å²) < 4.78 is 10.2. The molecule has 26 heavy (non-hydrogen) atoms. The fraction of sp³-hybridized carbons (Fsp3) is 0.647. The highest BCUT2D eigenvalue weighted by molar-refractivity contribution is 5.89. The van der Waals surface area contributed by atoms with Crippen molar-refractivity contribution in [1.82, 2.24) is 24.1 Å². The van der Waals surface area contributed by atoms with E-state index >= 15 is 0 Å². The van der Waals surface area contributed by atoms with Crippen LogP contribution in [0.5, 0.6) is 0 Å². The van der Waals surface area contributed by atoms with Gasteiger partial charge >= 0.3 is 5.69 Å². The SMILES string of the molecule is Cc1cc(NC(=O)Cn2nc([C@H]3OCC[C@H]3C)n(C(C)C)c2=O)n(C)n1. The monoisotopic (exact) mass is 362 g/mol. The molecule has 2 aromatic heterocycles. The summed E-state index contributed by atoms with van der Waals surface area (Å²) in [6.07, 6.45) is 0.721. The van der Waals surface area contributed by atoms with Gasteiger partial charge in [-0.25, -0.2) is 9.48 Å². The number of anilines is 1. The van der Waals surface area contributed by atoms with Gasteiger partial charge in [0.1, 0.15) is 18.5 Å². The maximum atomic E-state index is 12.8. The minimum absolute atomic E-state index is 0.0644. The van der Waals surface area contributed by atoms with E-state index in [4.69, 9.17) is 4.74 Å². The standard InChI is InChI=1S/C17H26N6O3/c1-10(2)23-16(15-11(3)6-7-26-15)20-22(17(23)25)9-14(24)18-13-8-12(4)19-21(13)5/h8,10-11,15H,6-7,9H2,1-5H3,(H,18,24)/t11-,15+/m1/s1. The smallest absolute Gasteiger partial charge is 0.346 e. The van der Waals surface area contributed by atoms with Gasteiger partial charge in [-0.2, -0.15) is 10.2 Å². The zero-order chi connectivity index (χ0) is 19.0. The van der Waals surface area contributed by atoms with Crippen molar-refractivity contribution < 1.29 is 9.53 Å². The summed E-state index contributed by atoms with van der Waals surface area (Å²) >= 11 is 0. The van der Waals surface area contributed by atoms with E-state index in [0.29, 0.717) is 18.2 Å². The van der Waals surface area contributed by atoms with E-state index in [9.17, 15) is 9.59 Å². The summed E-state index contributed by atoms with van der Waals surface area (Å²) in [7, 11) is 1.75. The third-order valence-corrected chi connectivity index (χ3v) is 4.62. The van der Waals surface area contributed by atoms with Crippen LogP contribution in [0.25, 0.3) is 0 Å². The van der Waals surface area contributed by atoms with Crippen LogP contribution in [0.2, 0.25) is 0 Å². The third-order valence-electron chi connectivity index (χ3n) is 4.62. The molecule has 142 valence electrons. The average molecular weight is 362 g/mol. The molecule has 9 nitrogen and oxygen atoms in total. The second-order valence-electron chi connectivity index (χ2n) is 7.16. The van der Waals surface area contributed by atoms with Gasteiger partial charge in [0.2, 0.25) is 5.91 Å². The van der Waals surface area contributed by atoms with Gasteiger partial charge in [-0.05, 0) is 33.1 Å². The molecule has 2 aromatic rings. The van der Waals surface area contributed by atoms with E-state index < -0.39 is 0 Å². The van der Waals surface area contributed by atoms with Crippen LogP contribution in [0, 0.1) is 12.8 Å². The van der Waals surface area contributed by atoms with Crippen LogP contribution in [0.1, 0.15) is 50.9 Å². The van der Waals surface area contributed by atoms with Gasteiger partial charge in [0.05, 0.1) is 5.69 Å². The minimum atomic E-state index is -0.324. The minimum Gasteiger partial charge on any atom is -0.370 e. The molecule has 2 atom stereocenters. The molecule has 1 fully saturated rings. The van der Waals surface area contributed by atoms with E-state index in [0.717, 1.165) is 12.1 Å². The highest BCUT2D eigenvalue weighted by atomic mass is 16.5. The van der Waals surface area contributed by atoms with Crippen molar-refractivity contribution in [2.75, 3.05) is 11.9 Å². The summed E-state index contributed by atoms with van der Waals surface area (Å²) in [6.45, 7) is 8.29. The van der Waals surface area contributed by atoms with Gasteiger partial charge in [-0.3, -0.25) is 14.0 Å². The average Bonchev–Trinajstić information content (AvgIpc) is 3.18. The summed E-state index contributed by atoms with van der Waals surface area (Å²) in [5.41, 5.74) is 0.507. The lowest BCUT2D eigenvalue weighted by Gasteiger charge is -2.16. The van der Waals surface area contributed by atoms with Crippen LogP contribution in [0.3, 0.4) is 0 Å². The number of aromatic nitrogens is 5. The fourth-order valence-corrected chi connectivity index (χ4v) is 3.29. The molecule has 0 spiro atoms. The normalized spacial score (nSPS) is 20.1. The Labute approximate surface area is 151 Å². The second-order valence-corrected chi connectivity index (χ2v) is 7.16. The van der Waals surface area contributed by atoms with Crippen molar-refractivity contribution >= 4 is 11.7 Å². The number of ether oxygens (including phenoxy) is 1. The van der Waals surface area contributed by atoms with Gasteiger partial charge in [0.25, 0.3) is 0 Å². The summed E-state index contributed by atoms with van der Waals surface area (Å²) in [4.78, 5) is 25.1. The van der Waals surface area contributed by atoms with Crippen LogP contribution in [-0.4, -0.2) is 36.6 Å². The molecule has 0 radical (unpaired) electrons. The number of amides is 1. The van der Waals surface area contributed by atoms with Gasteiger partial charge in [-0.1, -0.05) is 6.92 Å². The topological polar surface area (TPSA) is 96.0 Å². The molecule has 1 saturated heterocycles. The summed E-state index contributed by atoms with van der Waals surface area (Å²) in [6, 6.07) is 1.71. The number of hydrogen-bond donors (Lipinski definition) is 1. The van der Waals surface area contributed by atoms with Crippen LogP contribution < -0.4 is 11.0 Å². The molecule has 0 unspecified atom stereocenters. The Morgan fingerprint density at radius 3 is 2.69 bits per heavy atom. The molecular formula is C17H26N6O3. The number of nitrogens with one attached hydrogen (secondary N) is 1. The van der Waals surface area contributed by atoms with Crippen molar-refractivity contribution in [1.29, 1.82) is 0 Å². The number of rotatable bonds is 5. The lowest BCUT2D eigenvalue weighted by Crippen LogP contribution is -2.31. The quantitative estimate of drug-likeness (QED) is 0.867. The zero-order valence-corrected chi connectivity index (χ0v) is 15.9. The van der Waals surface area contributed by atoms with Crippen molar-refractivity contribution in [2.45, 2.75) is 52.8 Å². The largest absolute Gasteiger partial charge is 0.370 e. The van der Waals surface area contributed by atoms with E-state index in [1.807, 2.05) is 20.8 Å². The molecule has 1 aliphatic heterocycles. The lowest BCUT2D eigenvalue weighted by molar-refractivity contribution is -0.117. The van der Waals surface area contributed by atoms with Gasteiger partial charge < -0.3 is 10.1 Å². The molecule has 1 amide bonds. The molecule has 1 aliphatic rings. The van der Waals surface area contributed by atoms with Gasteiger partial charge in [-0.15, -0.1) is 0 Å². The maximum Gasteiger partial charge on any atom is 0.346 e. The van der Waals surface area contributed by atoms with Crippen molar-refractivity contribution in [3.05, 3.63) is 28.1 Å². The zero-order valence-electron chi connectivity index (χ0n) is 15.9. The first-order valence-corrected chi connectivity index (χ1v) is 8.89. The van der Waals surface area contributed by atoms with E-state index in [2.05, 4.69) is 22.4 Å². The first-order chi connectivity index (χ1) is 12.3. The first-order valence-electron chi connectivity index (χ1n) is 8.89. The van der Waals surface area contributed by atoms with Crippen molar-refractivity contribution in [3.8, 4) is 0 Å². The number of carbonyl (C=O) groups excluding carboxylic acids is 1. The number of carbonyl (C=O) groups is 1. The molecule has 3 heterocycles. The lowest BCUT2D eigenvalue weighted by atomic mass is 10.0. The van der Waals surface area contributed by atoms with E-state index in [-0.39, 0.29) is 36.2 Å². The third kappa shape index (κ3) is 3.44. The maximum absolute atomic E-state index is 12.8. The van der Waals surface area contributed by atoms with Crippen molar-refractivity contribution in [3.63, 3.8) is 0 Å². The Kier molecular flexibility index (Phi) is 4.99. The molecule has 9 heteroatoms. The van der Waals surface area contributed by atoms with E-state index in [1.165, 1.54) is 4.68 Å². The molecule has 0 aliphatic carbocycles. The number of aryl methyl sites for hydroxylation is 2. The van der Waals surface area contributed by atoms with Crippen LogP contribution in [0.4, 0.5) is 5.82 Å². The summed E-state index contributed by atoms with van der Waals surface area (Å²) in [5, 5.41) is 11.4. The number of hydrogen-bond acceptors (Lipinski definition) is 5. The highest BCUT2D eigenvalue weighted by Gasteiger charge is 2.32. The summed E-state index contributed by atoms with van der Waals surface area (Å²) in [5.74, 6) is 1.14. The predicted molar refractivity (Wildman–Crippen MR) is 95.9 cm³/mol. The van der Waals surface area contributed by atoms with Gasteiger partial charge in [0, 0.05) is 25.8 Å². The molecule has 0 bridgehead atoms. The molecule has 0 saturated carbocycles. The first kappa shape index (κ1) is 18.4.